The van der Waals surface area contributed by atoms with Crippen molar-refractivity contribution in [3.63, 3.8) is 0 Å². The largest absolute Gasteiger partial charge is 0.488 e. The van der Waals surface area contributed by atoms with Crippen molar-refractivity contribution in [1.82, 2.24) is 4.90 Å². The number of hydrogen-bond acceptors (Lipinski definition) is 9. The summed E-state index contributed by atoms with van der Waals surface area (Å²) in [4.78, 5) is 29.7. The van der Waals surface area contributed by atoms with Gasteiger partial charge in [-0.05, 0) is 11.6 Å². The Morgan fingerprint density at radius 1 is 1.20 bits per heavy atom. The minimum Gasteiger partial charge on any atom is -0.390 e. The number of phosphoric acid groups is 2. The SMILES string of the molecule is C=C1C=CN(C2OC(COP(=O)(O)OP(=O)(O)OP(C)(=O)O)C(O)C2(C)C)C(=C)C1. The van der Waals surface area contributed by atoms with Crippen molar-refractivity contribution in [1.29, 1.82) is 0 Å². The van der Waals surface area contributed by atoms with Crippen LogP contribution in [0.3, 0.4) is 0 Å². The van der Waals surface area contributed by atoms with Gasteiger partial charge in [0, 0.05) is 30.4 Å². The number of allylic oxidation sites excluding steroid dienone is 2. The van der Waals surface area contributed by atoms with Crippen LogP contribution in [0.4, 0.5) is 0 Å². The number of aliphatic hydroxyl groups is 1. The molecule has 12 nitrogen and oxygen atoms in total. The Labute approximate surface area is 174 Å². The van der Waals surface area contributed by atoms with Gasteiger partial charge in [-0.15, -0.1) is 0 Å². The molecule has 4 N–H and O–H groups in total. The molecule has 6 atom stereocenters. The first-order valence-corrected chi connectivity index (χ1v) is 13.6. The maximum Gasteiger partial charge on any atom is 0.488 e. The lowest BCUT2D eigenvalue weighted by molar-refractivity contribution is -0.0670. The summed E-state index contributed by atoms with van der Waals surface area (Å²) in [7, 11) is -15.1. The molecule has 30 heavy (non-hydrogen) atoms. The third-order valence-electron chi connectivity index (χ3n) is 4.44. The van der Waals surface area contributed by atoms with Crippen molar-refractivity contribution in [2.75, 3.05) is 13.3 Å². The van der Waals surface area contributed by atoms with Crippen LogP contribution in [0.15, 0.2) is 36.7 Å². The number of aliphatic hydroxyl groups excluding tert-OH is 1. The lowest BCUT2D eigenvalue weighted by Gasteiger charge is -2.38. The molecular weight excluding hydrogens is 463 g/mol. The van der Waals surface area contributed by atoms with Crippen molar-refractivity contribution in [2.45, 2.75) is 38.7 Å². The molecule has 0 aromatic heterocycles. The molecule has 172 valence electrons. The van der Waals surface area contributed by atoms with Gasteiger partial charge in [-0.3, -0.25) is 9.09 Å². The predicted molar refractivity (Wildman–Crippen MR) is 106 cm³/mol. The van der Waals surface area contributed by atoms with Crippen molar-refractivity contribution in [2.24, 2.45) is 5.41 Å². The second kappa shape index (κ2) is 8.73. The summed E-state index contributed by atoms with van der Waals surface area (Å²) in [6.07, 6.45) is 1.03. The topological polar surface area (TPSA) is 172 Å². The van der Waals surface area contributed by atoms with Crippen LogP contribution in [0.1, 0.15) is 20.3 Å². The molecule has 0 spiro atoms. The molecule has 15 heteroatoms. The summed E-state index contributed by atoms with van der Waals surface area (Å²) in [6.45, 7) is 11.2. The van der Waals surface area contributed by atoms with Gasteiger partial charge in [0.1, 0.15) is 12.3 Å². The zero-order chi connectivity index (χ0) is 23.1. The molecule has 0 aliphatic carbocycles. The van der Waals surface area contributed by atoms with E-state index in [1.54, 1.807) is 31.0 Å². The summed E-state index contributed by atoms with van der Waals surface area (Å²) < 4.78 is 52.9. The Morgan fingerprint density at radius 2 is 1.80 bits per heavy atom. The quantitative estimate of drug-likeness (QED) is 0.368. The number of phosphoric ester groups is 1. The number of rotatable bonds is 8. The van der Waals surface area contributed by atoms with Gasteiger partial charge in [0.2, 0.25) is 0 Å². The molecule has 6 unspecified atom stereocenters. The standard InChI is InChI=1S/C15H26NO11P3/c1-10-6-7-16(11(2)8-10)14-15(3,4)13(17)12(25-14)9-24-29(20,21)27-30(22,23)26-28(5,18)19/h6-7,12-14,17H,1-2,8-9H2,3-5H3,(H,18,19)(H,20,21)(H,22,23). The Kier molecular flexibility index (Phi) is 7.46. The van der Waals surface area contributed by atoms with Crippen molar-refractivity contribution < 1.29 is 51.4 Å². The van der Waals surface area contributed by atoms with E-state index in [4.69, 9.17) is 9.63 Å². The van der Waals surface area contributed by atoms with Crippen LogP contribution in [-0.4, -0.2) is 56.4 Å². The summed E-state index contributed by atoms with van der Waals surface area (Å²) in [5.74, 6) is 0. The molecule has 2 aliphatic heterocycles. The predicted octanol–water partition coefficient (Wildman–Crippen LogP) is 2.45. The molecule has 2 aliphatic rings. The third-order valence-corrected chi connectivity index (χ3v) is 8.60. The molecule has 0 aromatic carbocycles. The molecule has 0 amide bonds. The highest BCUT2D eigenvalue weighted by Gasteiger charge is 2.53. The van der Waals surface area contributed by atoms with Gasteiger partial charge in [0.05, 0.1) is 12.7 Å². The minimum absolute atomic E-state index is 0.501. The van der Waals surface area contributed by atoms with Crippen LogP contribution in [-0.2, 0) is 31.6 Å². The zero-order valence-electron chi connectivity index (χ0n) is 16.7. The smallest absolute Gasteiger partial charge is 0.390 e. The molecule has 2 heterocycles. The van der Waals surface area contributed by atoms with Gasteiger partial charge in [-0.25, -0.2) is 13.4 Å². The van der Waals surface area contributed by atoms with Crippen LogP contribution in [0.25, 0.3) is 0 Å². The fraction of sp³-hybridized carbons (Fsp3) is 0.600. The van der Waals surface area contributed by atoms with Gasteiger partial charge in [0.15, 0.2) is 0 Å². The van der Waals surface area contributed by atoms with Crippen LogP contribution in [0.2, 0.25) is 0 Å². The summed E-state index contributed by atoms with van der Waals surface area (Å²) >= 11 is 0. The monoisotopic (exact) mass is 489 g/mol. The first-order chi connectivity index (χ1) is 13.4. The van der Waals surface area contributed by atoms with Crippen LogP contribution in [0, 0.1) is 5.41 Å². The fourth-order valence-electron chi connectivity index (χ4n) is 3.07. The van der Waals surface area contributed by atoms with Crippen molar-refractivity contribution >= 4 is 23.2 Å². The Bertz CT molecular complexity index is 879. The van der Waals surface area contributed by atoms with Crippen LogP contribution >= 0.6 is 23.2 Å². The van der Waals surface area contributed by atoms with Crippen LogP contribution in [0.5, 0.6) is 0 Å². The van der Waals surface area contributed by atoms with E-state index in [2.05, 4.69) is 26.3 Å². The van der Waals surface area contributed by atoms with Crippen LogP contribution < -0.4 is 0 Å². The fourth-order valence-corrected chi connectivity index (χ4v) is 6.56. The molecule has 0 aromatic rings. The molecule has 0 saturated carbocycles. The molecule has 1 saturated heterocycles. The average Bonchev–Trinajstić information content (AvgIpc) is 2.73. The number of hydrogen-bond donors (Lipinski definition) is 4. The summed E-state index contributed by atoms with van der Waals surface area (Å²) in [5, 5.41) is 10.6. The molecule has 2 rings (SSSR count). The second-order valence-corrected chi connectivity index (χ2v) is 12.7. The highest BCUT2D eigenvalue weighted by atomic mass is 31.3. The molecule has 1 fully saturated rings. The first kappa shape index (κ1) is 25.6. The normalized spacial score (nSPS) is 32.5. The Morgan fingerprint density at radius 3 is 2.33 bits per heavy atom. The van der Waals surface area contributed by atoms with E-state index in [0.717, 1.165) is 5.57 Å². The molecule has 0 radical (unpaired) electrons. The second-order valence-electron chi connectivity index (χ2n) is 7.62. The Balaban J connectivity index is 2.07. The third kappa shape index (κ3) is 6.45. The van der Waals surface area contributed by atoms with Gasteiger partial charge in [-0.2, -0.15) is 4.31 Å². The van der Waals surface area contributed by atoms with Gasteiger partial charge in [0.25, 0.3) is 0 Å². The van der Waals surface area contributed by atoms with E-state index in [0.29, 0.717) is 18.8 Å². The van der Waals surface area contributed by atoms with E-state index in [1.165, 1.54) is 0 Å². The van der Waals surface area contributed by atoms with E-state index in [9.17, 15) is 28.6 Å². The summed E-state index contributed by atoms with van der Waals surface area (Å²) in [6, 6.07) is 0. The maximum atomic E-state index is 12.0. The summed E-state index contributed by atoms with van der Waals surface area (Å²) in [5.41, 5.74) is 0.666. The highest BCUT2D eigenvalue weighted by molar-refractivity contribution is 7.68. The van der Waals surface area contributed by atoms with Crippen molar-refractivity contribution in [3.8, 4) is 0 Å². The number of nitrogens with zero attached hydrogens (tertiary/aromatic N) is 1. The average molecular weight is 489 g/mol. The number of ether oxygens (including phenoxy) is 1. The first-order valence-electron chi connectivity index (χ1n) is 8.62. The maximum absolute atomic E-state index is 12.0. The van der Waals surface area contributed by atoms with Gasteiger partial charge < -0.3 is 29.4 Å². The van der Waals surface area contributed by atoms with E-state index in [-0.39, 0.29) is 0 Å². The minimum atomic E-state index is -5.38. The lowest BCUT2D eigenvalue weighted by atomic mass is 9.83. The van der Waals surface area contributed by atoms with E-state index < -0.39 is 53.7 Å². The molecular formula is C15H26NO11P3. The van der Waals surface area contributed by atoms with E-state index in [1.807, 2.05) is 0 Å². The van der Waals surface area contributed by atoms with E-state index >= 15 is 0 Å². The molecule has 0 bridgehead atoms. The zero-order valence-corrected chi connectivity index (χ0v) is 19.3. The van der Waals surface area contributed by atoms with Crippen molar-refractivity contribution in [3.05, 3.63) is 36.7 Å². The van der Waals surface area contributed by atoms with Gasteiger partial charge in [-0.1, -0.05) is 27.0 Å². The Hall–Kier alpha value is -0.610. The van der Waals surface area contributed by atoms with Gasteiger partial charge >= 0.3 is 23.2 Å². The highest BCUT2D eigenvalue weighted by Crippen LogP contribution is 2.66. The lowest BCUT2D eigenvalue weighted by Crippen LogP contribution is -2.44.